The van der Waals surface area contributed by atoms with Crippen LogP contribution in [-0.4, -0.2) is 12.2 Å². The van der Waals surface area contributed by atoms with Crippen LogP contribution in [0, 0.1) is 5.82 Å². The molecule has 1 aromatic heterocycles. The quantitative estimate of drug-likeness (QED) is 0.465. The fourth-order valence-electron chi connectivity index (χ4n) is 1.13. The second kappa shape index (κ2) is 5.07. The van der Waals surface area contributed by atoms with Crippen molar-refractivity contribution in [2.24, 2.45) is 5.16 Å². The Morgan fingerprint density at radius 2 is 2.06 bits per heavy atom. The lowest BCUT2D eigenvalue weighted by atomic mass is 10.2. The molecule has 0 bridgehead atoms. The number of carbonyl (C=O) groups excluding carboxylic acids is 1. The Balaban J connectivity index is 1.96. The predicted octanol–water partition coefficient (Wildman–Crippen LogP) is 2.61. The Kier molecular flexibility index (Phi) is 3.30. The molecule has 0 N–H and O–H groups in total. The first-order chi connectivity index (χ1) is 8.25. The molecule has 4 nitrogen and oxygen atoms in total. The molecular weight excluding hydrogens is 225 g/mol. The molecule has 0 aliphatic rings. The van der Waals surface area contributed by atoms with Crippen LogP contribution in [0.1, 0.15) is 16.1 Å². The molecule has 0 spiro atoms. The summed E-state index contributed by atoms with van der Waals surface area (Å²) < 4.78 is 17.5. The summed E-state index contributed by atoms with van der Waals surface area (Å²) in [4.78, 5) is 16.0. The molecule has 0 aliphatic carbocycles. The molecule has 0 unspecified atom stereocenters. The van der Waals surface area contributed by atoms with E-state index >= 15 is 0 Å². The van der Waals surface area contributed by atoms with Crippen LogP contribution < -0.4 is 0 Å². The highest BCUT2D eigenvalue weighted by atomic mass is 19.1. The van der Waals surface area contributed by atoms with Gasteiger partial charge in [0.15, 0.2) is 0 Å². The highest BCUT2D eigenvalue weighted by Gasteiger charge is 2.06. The Labute approximate surface area is 96.3 Å². The SMILES string of the molecule is O=C(O/N=C/c1ccco1)c1ccc(F)cc1. The van der Waals surface area contributed by atoms with Crippen molar-refractivity contribution in [3.8, 4) is 0 Å². The molecule has 0 radical (unpaired) electrons. The first-order valence-corrected chi connectivity index (χ1v) is 4.79. The second-order valence-electron chi connectivity index (χ2n) is 3.14. The van der Waals surface area contributed by atoms with Crippen molar-refractivity contribution in [2.75, 3.05) is 0 Å². The van der Waals surface area contributed by atoms with Crippen LogP contribution in [0.2, 0.25) is 0 Å². The number of oxime groups is 1. The van der Waals surface area contributed by atoms with E-state index in [9.17, 15) is 9.18 Å². The number of hydrogen-bond acceptors (Lipinski definition) is 4. The fourth-order valence-corrected chi connectivity index (χ4v) is 1.13. The number of benzene rings is 1. The van der Waals surface area contributed by atoms with Gasteiger partial charge in [0, 0.05) is 0 Å². The number of halogens is 1. The first kappa shape index (κ1) is 11.1. The van der Waals surface area contributed by atoms with Crippen molar-refractivity contribution in [1.82, 2.24) is 0 Å². The largest absolute Gasteiger partial charge is 0.463 e. The number of rotatable bonds is 3. The van der Waals surface area contributed by atoms with E-state index in [1.54, 1.807) is 12.1 Å². The van der Waals surface area contributed by atoms with E-state index in [1.807, 2.05) is 0 Å². The minimum atomic E-state index is -0.659. The third-order valence-electron chi connectivity index (χ3n) is 1.94. The molecule has 0 fully saturated rings. The predicted molar refractivity (Wildman–Crippen MR) is 58.1 cm³/mol. The molecule has 17 heavy (non-hydrogen) atoms. The zero-order chi connectivity index (χ0) is 12.1. The zero-order valence-electron chi connectivity index (χ0n) is 8.67. The highest BCUT2D eigenvalue weighted by molar-refractivity contribution is 5.89. The molecule has 1 heterocycles. The summed E-state index contributed by atoms with van der Waals surface area (Å²) >= 11 is 0. The van der Waals surface area contributed by atoms with Crippen LogP contribution >= 0.6 is 0 Å². The van der Waals surface area contributed by atoms with Crippen molar-refractivity contribution in [3.63, 3.8) is 0 Å². The molecule has 86 valence electrons. The van der Waals surface area contributed by atoms with Crippen molar-refractivity contribution >= 4 is 12.2 Å². The van der Waals surface area contributed by atoms with Gasteiger partial charge in [-0.2, -0.15) is 0 Å². The number of hydrogen-bond donors (Lipinski definition) is 0. The molecule has 1 aromatic carbocycles. The number of carbonyl (C=O) groups is 1. The van der Waals surface area contributed by atoms with E-state index in [2.05, 4.69) is 9.99 Å². The van der Waals surface area contributed by atoms with Crippen LogP contribution in [0.3, 0.4) is 0 Å². The van der Waals surface area contributed by atoms with E-state index in [0.717, 1.165) is 0 Å². The summed E-state index contributed by atoms with van der Waals surface area (Å²) in [7, 11) is 0. The standard InChI is InChI=1S/C12H8FNO3/c13-10-5-3-9(4-6-10)12(15)17-14-8-11-2-1-7-16-11/h1-8H/b14-8+. The van der Waals surface area contributed by atoms with Crippen LogP contribution in [0.4, 0.5) is 4.39 Å². The first-order valence-electron chi connectivity index (χ1n) is 4.79. The molecule has 2 rings (SSSR count). The zero-order valence-corrected chi connectivity index (χ0v) is 8.67. The fraction of sp³-hybridized carbons (Fsp3) is 0. The lowest BCUT2D eigenvalue weighted by Crippen LogP contribution is -2.00. The summed E-state index contributed by atoms with van der Waals surface area (Å²) in [5.41, 5.74) is 0.225. The minimum Gasteiger partial charge on any atom is -0.463 e. The van der Waals surface area contributed by atoms with Gasteiger partial charge >= 0.3 is 5.97 Å². The van der Waals surface area contributed by atoms with Crippen LogP contribution in [0.25, 0.3) is 0 Å². The molecular formula is C12H8FNO3. The number of nitrogens with zero attached hydrogens (tertiary/aromatic N) is 1. The van der Waals surface area contributed by atoms with Crippen LogP contribution in [0.5, 0.6) is 0 Å². The van der Waals surface area contributed by atoms with E-state index in [-0.39, 0.29) is 5.56 Å². The van der Waals surface area contributed by atoms with Gasteiger partial charge in [-0.15, -0.1) is 0 Å². The van der Waals surface area contributed by atoms with Gasteiger partial charge in [0.2, 0.25) is 0 Å². The maximum Gasteiger partial charge on any atom is 0.365 e. The summed E-state index contributed by atoms with van der Waals surface area (Å²) in [5, 5.41) is 3.45. The monoisotopic (exact) mass is 233 g/mol. The van der Waals surface area contributed by atoms with Gasteiger partial charge in [-0.05, 0) is 36.4 Å². The van der Waals surface area contributed by atoms with Crippen molar-refractivity contribution < 1.29 is 18.4 Å². The molecule has 0 saturated carbocycles. The van der Waals surface area contributed by atoms with E-state index in [4.69, 9.17) is 4.42 Å². The van der Waals surface area contributed by atoms with Crippen LogP contribution in [0.15, 0.2) is 52.2 Å². The van der Waals surface area contributed by atoms with Gasteiger partial charge in [-0.3, -0.25) is 0 Å². The van der Waals surface area contributed by atoms with Gasteiger partial charge in [0.25, 0.3) is 0 Å². The van der Waals surface area contributed by atoms with Gasteiger partial charge in [-0.1, -0.05) is 5.16 Å². The maximum atomic E-state index is 12.6. The Morgan fingerprint density at radius 3 is 2.71 bits per heavy atom. The van der Waals surface area contributed by atoms with Crippen molar-refractivity contribution in [3.05, 3.63) is 59.8 Å². The van der Waals surface area contributed by atoms with Crippen molar-refractivity contribution in [1.29, 1.82) is 0 Å². The summed E-state index contributed by atoms with van der Waals surface area (Å²) in [6.07, 6.45) is 2.74. The third-order valence-corrected chi connectivity index (χ3v) is 1.94. The summed E-state index contributed by atoms with van der Waals surface area (Å²) in [5.74, 6) is -0.606. The van der Waals surface area contributed by atoms with Crippen molar-refractivity contribution in [2.45, 2.75) is 0 Å². The minimum absolute atomic E-state index is 0.225. The Hall–Kier alpha value is -2.43. The van der Waals surface area contributed by atoms with Gasteiger partial charge < -0.3 is 9.25 Å². The summed E-state index contributed by atoms with van der Waals surface area (Å²) in [6, 6.07) is 8.33. The smallest absolute Gasteiger partial charge is 0.365 e. The van der Waals surface area contributed by atoms with Gasteiger partial charge in [-0.25, -0.2) is 9.18 Å². The lowest BCUT2D eigenvalue weighted by molar-refractivity contribution is 0.0519. The van der Waals surface area contributed by atoms with E-state index in [1.165, 1.54) is 36.7 Å². The maximum absolute atomic E-state index is 12.6. The average molecular weight is 233 g/mol. The highest BCUT2D eigenvalue weighted by Crippen LogP contribution is 2.04. The lowest BCUT2D eigenvalue weighted by Gasteiger charge is -1.96. The molecule has 0 atom stereocenters. The Bertz CT molecular complexity index is 517. The topological polar surface area (TPSA) is 51.8 Å². The van der Waals surface area contributed by atoms with E-state index < -0.39 is 11.8 Å². The molecule has 0 aliphatic heterocycles. The summed E-state index contributed by atoms with van der Waals surface area (Å²) in [6.45, 7) is 0. The normalized spacial score (nSPS) is 10.6. The molecule has 0 amide bonds. The van der Waals surface area contributed by atoms with Crippen LogP contribution in [-0.2, 0) is 4.84 Å². The second-order valence-corrected chi connectivity index (χ2v) is 3.14. The molecule has 0 saturated heterocycles. The Morgan fingerprint density at radius 1 is 1.29 bits per heavy atom. The molecule has 5 heteroatoms. The third kappa shape index (κ3) is 3.01. The van der Waals surface area contributed by atoms with Gasteiger partial charge in [0.1, 0.15) is 17.8 Å². The average Bonchev–Trinajstić information content (AvgIpc) is 2.83. The number of furan rings is 1. The molecule has 2 aromatic rings. The van der Waals surface area contributed by atoms with Gasteiger partial charge in [0.05, 0.1) is 11.8 Å². The van der Waals surface area contributed by atoms with E-state index in [0.29, 0.717) is 5.76 Å².